The van der Waals surface area contributed by atoms with Crippen LogP contribution in [0.4, 0.5) is 10.1 Å². The maximum absolute atomic E-state index is 13.7. The number of nitrogens with one attached hydrogen (secondary N) is 1. The lowest BCUT2D eigenvalue weighted by atomic mass is 10.1. The van der Waals surface area contributed by atoms with Gasteiger partial charge < -0.3 is 10.0 Å². The van der Waals surface area contributed by atoms with Crippen molar-refractivity contribution < 1.29 is 22.7 Å². The van der Waals surface area contributed by atoms with Gasteiger partial charge in [-0.3, -0.25) is 9.52 Å². The van der Waals surface area contributed by atoms with Crippen LogP contribution >= 0.6 is 11.6 Å². The van der Waals surface area contributed by atoms with E-state index in [1.54, 1.807) is 0 Å². The van der Waals surface area contributed by atoms with Gasteiger partial charge in [-0.05, 0) is 30.7 Å². The van der Waals surface area contributed by atoms with Crippen molar-refractivity contribution in [1.82, 2.24) is 4.90 Å². The molecule has 1 aliphatic heterocycles. The highest BCUT2D eigenvalue weighted by atomic mass is 35.5. The molecule has 2 aromatic rings. The number of benzene rings is 2. The van der Waals surface area contributed by atoms with Gasteiger partial charge in [-0.1, -0.05) is 23.7 Å². The van der Waals surface area contributed by atoms with Crippen molar-refractivity contribution >= 4 is 33.2 Å². The minimum Gasteiger partial charge on any atom is -0.505 e. The predicted octanol–water partition coefficient (Wildman–Crippen LogP) is 2.83. The molecule has 0 unspecified atom stereocenters. The van der Waals surface area contributed by atoms with Crippen LogP contribution in [-0.2, 0) is 10.0 Å². The highest BCUT2D eigenvalue weighted by Crippen LogP contribution is 2.34. The van der Waals surface area contributed by atoms with E-state index in [4.69, 9.17) is 11.6 Å². The molecule has 0 spiro atoms. The number of hydrogen-bond donors (Lipinski definition) is 2. The summed E-state index contributed by atoms with van der Waals surface area (Å²) in [4.78, 5) is 13.2. The number of likely N-dealkylation sites (tertiary alicyclic amines) is 1. The number of anilines is 1. The number of amides is 1. The largest absolute Gasteiger partial charge is 0.505 e. The number of para-hydroxylation sites is 1. The van der Waals surface area contributed by atoms with Crippen LogP contribution in [0.15, 0.2) is 41.3 Å². The predicted molar refractivity (Wildman–Crippen MR) is 90.8 cm³/mol. The van der Waals surface area contributed by atoms with Gasteiger partial charge in [0.25, 0.3) is 15.9 Å². The maximum atomic E-state index is 13.7. The Hall–Kier alpha value is -2.32. The molecule has 6 nitrogen and oxygen atoms in total. The van der Waals surface area contributed by atoms with Crippen molar-refractivity contribution in [2.24, 2.45) is 0 Å². The lowest BCUT2D eigenvalue weighted by Crippen LogP contribution is -2.42. The number of phenolic OH excluding ortho intramolecular Hbond substituents is 1. The highest BCUT2D eigenvalue weighted by Gasteiger charge is 2.27. The first kappa shape index (κ1) is 17.5. The fourth-order valence-electron chi connectivity index (χ4n) is 2.35. The first-order valence-corrected chi connectivity index (χ1v) is 9.25. The second kappa shape index (κ2) is 6.53. The van der Waals surface area contributed by atoms with Gasteiger partial charge in [-0.15, -0.1) is 0 Å². The van der Waals surface area contributed by atoms with E-state index < -0.39 is 26.5 Å². The van der Waals surface area contributed by atoms with Crippen LogP contribution < -0.4 is 4.72 Å². The SMILES string of the molecule is O=C(c1cc(Cl)c(O)c(S(=O)(=O)Nc2ccccc2F)c1)N1CCC1. The monoisotopic (exact) mass is 384 g/mol. The number of hydrogen-bond acceptors (Lipinski definition) is 4. The third kappa shape index (κ3) is 3.40. The van der Waals surface area contributed by atoms with Crippen LogP contribution in [0.1, 0.15) is 16.8 Å². The van der Waals surface area contributed by atoms with Crippen molar-refractivity contribution in [2.45, 2.75) is 11.3 Å². The molecule has 0 aliphatic carbocycles. The average molecular weight is 385 g/mol. The maximum Gasteiger partial charge on any atom is 0.265 e. The number of rotatable bonds is 4. The highest BCUT2D eigenvalue weighted by molar-refractivity contribution is 7.92. The van der Waals surface area contributed by atoms with E-state index in [1.807, 2.05) is 4.72 Å². The number of carbonyl (C=O) groups excluding carboxylic acids is 1. The van der Waals surface area contributed by atoms with Gasteiger partial charge >= 0.3 is 0 Å². The molecule has 1 fully saturated rings. The van der Waals surface area contributed by atoms with Gasteiger partial charge in [-0.2, -0.15) is 0 Å². The van der Waals surface area contributed by atoms with E-state index in [9.17, 15) is 22.7 Å². The Labute approximate surface area is 148 Å². The van der Waals surface area contributed by atoms with Crippen molar-refractivity contribution in [1.29, 1.82) is 0 Å². The van der Waals surface area contributed by atoms with E-state index in [0.717, 1.165) is 18.6 Å². The van der Waals surface area contributed by atoms with E-state index in [2.05, 4.69) is 0 Å². The minimum atomic E-state index is -4.35. The molecule has 132 valence electrons. The van der Waals surface area contributed by atoms with E-state index in [0.29, 0.717) is 13.1 Å². The second-order valence-electron chi connectivity index (χ2n) is 5.54. The molecule has 0 bridgehead atoms. The summed E-state index contributed by atoms with van der Waals surface area (Å²) in [5, 5.41) is 9.75. The molecule has 1 heterocycles. The van der Waals surface area contributed by atoms with Crippen LogP contribution in [0.3, 0.4) is 0 Å². The third-order valence-electron chi connectivity index (χ3n) is 3.83. The summed E-state index contributed by atoms with van der Waals surface area (Å²) in [6, 6.07) is 7.44. The molecule has 25 heavy (non-hydrogen) atoms. The molecule has 0 atom stereocenters. The zero-order chi connectivity index (χ0) is 18.2. The summed E-state index contributed by atoms with van der Waals surface area (Å²) in [6.07, 6.45) is 0.873. The quantitative estimate of drug-likeness (QED) is 0.848. The van der Waals surface area contributed by atoms with Crippen molar-refractivity contribution in [3.63, 3.8) is 0 Å². The number of halogens is 2. The smallest absolute Gasteiger partial charge is 0.265 e. The standard InChI is InChI=1S/C16H14ClFN2O4S/c17-11-8-10(16(22)20-6-3-7-20)9-14(15(11)21)25(23,24)19-13-5-2-1-4-12(13)18/h1-2,4-5,8-9,19,21H,3,6-7H2. The topological polar surface area (TPSA) is 86.7 Å². The van der Waals surface area contributed by atoms with Crippen LogP contribution in [0.2, 0.25) is 5.02 Å². The lowest BCUT2D eigenvalue weighted by molar-refractivity contribution is 0.0651. The lowest BCUT2D eigenvalue weighted by Gasteiger charge is -2.31. The Morgan fingerprint density at radius 1 is 1.24 bits per heavy atom. The Morgan fingerprint density at radius 3 is 2.52 bits per heavy atom. The molecule has 3 rings (SSSR count). The Bertz CT molecular complexity index is 945. The van der Waals surface area contributed by atoms with E-state index in [1.165, 1.54) is 29.2 Å². The normalized spacial score (nSPS) is 14.1. The second-order valence-corrected chi connectivity index (χ2v) is 7.59. The molecule has 0 aromatic heterocycles. The van der Waals surface area contributed by atoms with E-state index >= 15 is 0 Å². The van der Waals surface area contributed by atoms with Gasteiger partial charge in [0.1, 0.15) is 10.7 Å². The van der Waals surface area contributed by atoms with Crippen molar-refractivity contribution in [3.05, 3.63) is 52.8 Å². The van der Waals surface area contributed by atoms with Gasteiger partial charge in [-0.25, -0.2) is 12.8 Å². The summed E-state index contributed by atoms with van der Waals surface area (Å²) in [7, 11) is -4.35. The van der Waals surface area contributed by atoms with Crippen LogP contribution in [-0.4, -0.2) is 37.4 Å². The van der Waals surface area contributed by atoms with Gasteiger partial charge in [0.05, 0.1) is 10.7 Å². The minimum absolute atomic E-state index is 0.0383. The molecule has 0 radical (unpaired) electrons. The fraction of sp³-hybridized carbons (Fsp3) is 0.188. The first-order valence-electron chi connectivity index (χ1n) is 7.39. The first-order chi connectivity index (χ1) is 11.8. The molecule has 2 aromatic carbocycles. The summed E-state index contributed by atoms with van der Waals surface area (Å²) in [5.74, 6) is -1.86. The molecule has 1 aliphatic rings. The zero-order valence-corrected chi connectivity index (χ0v) is 14.4. The van der Waals surface area contributed by atoms with Crippen molar-refractivity contribution in [2.75, 3.05) is 17.8 Å². The van der Waals surface area contributed by atoms with Gasteiger partial charge in [0.15, 0.2) is 5.75 Å². The molecular formula is C16H14ClFN2O4S. The molecular weight excluding hydrogens is 371 g/mol. The average Bonchev–Trinajstić information content (AvgIpc) is 2.50. The Kier molecular flexibility index (Phi) is 4.57. The summed E-state index contributed by atoms with van der Waals surface area (Å²) in [6.45, 7) is 1.15. The number of sulfonamides is 1. The third-order valence-corrected chi connectivity index (χ3v) is 5.49. The molecule has 0 saturated carbocycles. The zero-order valence-electron chi connectivity index (χ0n) is 12.9. The number of phenols is 1. The van der Waals surface area contributed by atoms with Crippen molar-refractivity contribution in [3.8, 4) is 5.75 Å². The summed E-state index contributed by atoms with van der Waals surface area (Å²) < 4.78 is 40.8. The number of carbonyl (C=O) groups is 1. The Morgan fingerprint density at radius 2 is 1.92 bits per heavy atom. The van der Waals surface area contributed by atoms with Crippen LogP contribution in [0.25, 0.3) is 0 Å². The van der Waals surface area contributed by atoms with Crippen LogP contribution in [0, 0.1) is 5.82 Å². The Balaban J connectivity index is 2.01. The van der Waals surface area contributed by atoms with Gasteiger partial charge in [0, 0.05) is 18.7 Å². The molecule has 2 N–H and O–H groups in total. The van der Waals surface area contributed by atoms with E-state index in [-0.39, 0.29) is 22.2 Å². The fourth-order valence-corrected chi connectivity index (χ4v) is 3.83. The molecule has 1 amide bonds. The van der Waals surface area contributed by atoms with Crippen LogP contribution in [0.5, 0.6) is 5.75 Å². The molecule has 9 heteroatoms. The van der Waals surface area contributed by atoms with Gasteiger partial charge in [0.2, 0.25) is 0 Å². The number of aromatic hydroxyl groups is 1. The summed E-state index contributed by atoms with van der Waals surface area (Å²) in [5.41, 5.74) is -0.242. The number of nitrogens with zero attached hydrogens (tertiary/aromatic N) is 1. The molecule has 1 saturated heterocycles. The summed E-state index contributed by atoms with van der Waals surface area (Å²) >= 11 is 5.88.